The van der Waals surface area contributed by atoms with Gasteiger partial charge in [-0.1, -0.05) is 0 Å². The molecule has 130 valence electrons. The zero-order chi connectivity index (χ0) is 18.4. The van der Waals surface area contributed by atoms with Crippen LogP contribution in [0, 0.1) is 5.41 Å². The predicted octanol–water partition coefficient (Wildman–Crippen LogP) is 3.94. The molecule has 0 aliphatic carbocycles. The molecule has 5 N–H and O–H groups in total. The Labute approximate surface area is 154 Å². The van der Waals surface area contributed by atoms with E-state index in [-0.39, 0.29) is 5.84 Å². The third-order valence-corrected chi connectivity index (χ3v) is 4.46. The number of nitrogen functional groups attached to an aromatic ring is 1. The van der Waals surface area contributed by atoms with Gasteiger partial charge in [0.15, 0.2) is 0 Å². The first-order valence-electron chi connectivity index (χ1n) is 8.55. The van der Waals surface area contributed by atoms with Gasteiger partial charge in [-0.05, 0) is 66.8 Å². The number of aromatic nitrogens is 4. The first-order chi connectivity index (χ1) is 13.1. The first-order valence-corrected chi connectivity index (χ1v) is 8.55. The van der Waals surface area contributed by atoms with Crippen LogP contribution in [0.2, 0.25) is 0 Å². The summed E-state index contributed by atoms with van der Waals surface area (Å²) in [6.45, 7) is 0. The Kier molecular flexibility index (Phi) is 3.30. The Morgan fingerprint density at radius 1 is 0.704 bits per heavy atom. The van der Waals surface area contributed by atoms with Crippen LogP contribution < -0.4 is 5.73 Å². The van der Waals surface area contributed by atoms with Crippen molar-refractivity contribution in [1.82, 2.24) is 19.9 Å². The third kappa shape index (κ3) is 2.93. The molecule has 6 heteroatoms. The maximum Gasteiger partial charge on any atom is 0.124 e. The van der Waals surface area contributed by atoms with Crippen LogP contribution in [0.4, 0.5) is 0 Å². The quantitative estimate of drug-likeness (QED) is 0.271. The molecule has 0 aromatic carbocycles. The molecule has 0 fully saturated rings. The van der Waals surface area contributed by atoms with Gasteiger partial charge in [-0.2, -0.15) is 0 Å². The molecule has 0 atom stereocenters. The molecular weight excluding hydrogens is 336 g/mol. The Morgan fingerprint density at radius 3 is 1.96 bits per heavy atom. The highest BCUT2D eigenvalue weighted by atomic mass is 14.8. The summed E-state index contributed by atoms with van der Waals surface area (Å²) in [5.74, 6) is 0.0159. The molecule has 0 saturated heterocycles. The van der Waals surface area contributed by atoms with Gasteiger partial charge in [-0.3, -0.25) is 5.41 Å². The number of aromatic amines is 2. The highest BCUT2D eigenvalue weighted by Crippen LogP contribution is 2.19. The van der Waals surface area contributed by atoms with Crippen molar-refractivity contribution in [2.45, 2.75) is 0 Å². The minimum Gasteiger partial charge on any atom is -0.384 e. The van der Waals surface area contributed by atoms with Crippen molar-refractivity contribution in [3.8, 4) is 0 Å². The van der Waals surface area contributed by atoms with Crippen molar-refractivity contribution in [3.63, 3.8) is 0 Å². The van der Waals surface area contributed by atoms with E-state index in [1.165, 1.54) is 0 Å². The fraction of sp³-hybridized carbons (Fsp3) is 0. The lowest BCUT2D eigenvalue weighted by molar-refractivity contribution is 1.28. The number of fused-ring (bicyclic) bond motifs is 8. The van der Waals surface area contributed by atoms with Crippen molar-refractivity contribution in [2.75, 3.05) is 0 Å². The minimum atomic E-state index is 0.0159. The number of amidine groups is 1. The number of nitrogens with zero attached hydrogens (tertiary/aromatic N) is 2. The largest absolute Gasteiger partial charge is 0.384 e. The van der Waals surface area contributed by atoms with Gasteiger partial charge in [0.25, 0.3) is 0 Å². The van der Waals surface area contributed by atoms with E-state index in [1.807, 2.05) is 66.8 Å². The van der Waals surface area contributed by atoms with Gasteiger partial charge in [0.1, 0.15) is 5.84 Å². The SMILES string of the molecule is N=C(N)c1cc2cc3ccc(cc4nc(cc5nc(cc1[nH]2)C=C5)C=C4)[nH]3. The lowest BCUT2D eigenvalue weighted by Crippen LogP contribution is -2.09. The van der Waals surface area contributed by atoms with E-state index >= 15 is 0 Å². The molecule has 27 heavy (non-hydrogen) atoms. The van der Waals surface area contributed by atoms with Gasteiger partial charge in [-0.25, -0.2) is 9.97 Å². The predicted molar refractivity (Wildman–Crippen MR) is 110 cm³/mol. The zero-order valence-corrected chi connectivity index (χ0v) is 14.3. The molecule has 0 radical (unpaired) electrons. The van der Waals surface area contributed by atoms with Crippen molar-refractivity contribution in [3.05, 3.63) is 70.8 Å². The molecule has 0 spiro atoms. The smallest absolute Gasteiger partial charge is 0.124 e. The van der Waals surface area contributed by atoms with Gasteiger partial charge in [0, 0.05) is 22.1 Å². The van der Waals surface area contributed by atoms with E-state index in [4.69, 9.17) is 11.1 Å². The first kappa shape index (κ1) is 15.3. The van der Waals surface area contributed by atoms with Gasteiger partial charge >= 0.3 is 0 Å². The molecule has 0 amide bonds. The molecule has 5 rings (SSSR count). The maximum absolute atomic E-state index is 7.86. The molecule has 0 unspecified atom stereocenters. The number of rotatable bonds is 1. The lowest BCUT2D eigenvalue weighted by Gasteiger charge is -1.92. The van der Waals surface area contributed by atoms with Crippen LogP contribution in [-0.2, 0) is 0 Å². The fourth-order valence-electron chi connectivity index (χ4n) is 3.24. The second-order valence-corrected chi connectivity index (χ2v) is 6.50. The molecule has 2 aliphatic heterocycles. The Balaban J connectivity index is 1.88. The van der Waals surface area contributed by atoms with E-state index < -0.39 is 0 Å². The molecule has 2 aliphatic rings. The highest BCUT2D eigenvalue weighted by molar-refractivity contribution is 6.03. The van der Waals surface area contributed by atoms with E-state index in [0.717, 1.165) is 44.8 Å². The third-order valence-electron chi connectivity index (χ3n) is 4.46. The van der Waals surface area contributed by atoms with E-state index in [9.17, 15) is 0 Å². The van der Waals surface area contributed by atoms with Gasteiger partial charge < -0.3 is 15.7 Å². The summed E-state index contributed by atoms with van der Waals surface area (Å²) in [5, 5.41) is 7.86. The lowest BCUT2D eigenvalue weighted by atomic mass is 10.2. The van der Waals surface area contributed by atoms with E-state index in [2.05, 4.69) is 19.9 Å². The number of nitrogens with one attached hydrogen (secondary N) is 3. The molecule has 8 bridgehead atoms. The standard InChI is InChI=1S/C21H16N6/c22-21(23)19-10-18-9-16-4-3-14(25-16)7-12-1-2-13(24-12)8-15-5-6-17(26-15)11-20(19)27-18/h1-11,25,27H,(H3,22,23). The summed E-state index contributed by atoms with van der Waals surface area (Å²) >= 11 is 0. The Hall–Kier alpha value is -3.93. The van der Waals surface area contributed by atoms with Crippen LogP contribution in [0.5, 0.6) is 0 Å². The highest BCUT2D eigenvalue weighted by Gasteiger charge is 2.06. The fourth-order valence-corrected chi connectivity index (χ4v) is 3.24. The van der Waals surface area contributed by atoms with Crippen LogP contribution in [0.25, 0.3) is 46.4 Å². The van der Waals surface area contributed by atoms with Crippen LogP contribution >= 0.6 is 0 Å². The van der Waals surface area contributed by atoms with Crippen molar-refractivity contribution < 1.29 is 0 Å². The molecular formula is C21H16N6. The number of H-pyrrole nitrogens is 2. The number of hydrogen-bond acceptors (Lipinski definition) is 3. The minimum absolute atomic E-state index is 0.0159. The average molecular weight is 352 g/mol. The van der Waals surface area contributed by atoms with E-state index in [0.29, 0.717) is 5.56 Å². The zero-order valence-electron chi connectivity index (χ0n) is 14.3. The van der Waals surface area contributed by atoms with Crippen LogP contribution in [0.1, 0.15) is 28.3 Å². The number of nitrogens with two attached hydrogens (primary N) is 1. The summed E-state index contributed by atoms with van der Waals surface area (Å²) < 4.78 is 0. The molecule has 6 nitrogen and oxygen atoms in total. The van der Waals surface area contributed by atoms with Crippen molar-refractivity contribution in [1.29, 1.82) is 5.41 Å². The monoisotopic (exact) mass is 352 g/mol. The van der Waals surface area contributed by atoms with Crippen molar-refractivity contribution in [2.24, 2.45) is 5.73 Å². The maximum atomic E-state index is 7.86. The molecule has 3 aromatic rings. The van der Waals surface area contributed by atoms with Gasteiger partial charge in [0.2, 0.25) is 0 Å². The van der Waals surface area contributed by atoms with Crippen LogP contribution in [-0.4, -0.2) is 25.8 Å². The second kappa shape index (κ2) is 5.81. The second-order valence-electron chi connectivity index (χ2n) is 6.50. The van der Waals surface area contributed by atoms with Gasteiger partial charge in [-0.15, -0.1) is 0 Å². The summed E-state index contributed by atoms with van der Waals surface area (Å²) in [5.41, 5.74) is 13.3. The Bertz CT molecular complexity index is 1300. The van der Waals surface area contributed by atoms with Crippen molar-refractivity contribution >= 4 is 52.2 Å². The molecule has 3 aromatic heterocycles. The molecule has 5 heterocycles. The summed E-state index contributed by atoms with van der Waals surface area (Å²) in [6, 6.07) is 13.7. The summed E-state index contributed by atoms with van der Waals surface area (Å²) in [6.07, 6.45) is 7.84. The Morgan fingerprint density at radius 2 is 1.30 bits per heavy atom. The average Bonchev–Trinajstić information content (AvgIpc) is 3.38. The molecule has 0 saturated carbocycles. The normalized spacial score (nSPS) is 12.4. The number of hydrogen-bond donors (Lipinski definition) is 4. The topological polar surface area (TPSA) is 107 Å². The van der Waals surface area contributed by atoms with E-state index in [1.54, 1.807) is 0 Å². The van der Waals surface area contributed by atoms with Crippen LogP contribution in [0.15, 0.2) is 42.5 Å². The summed E-state index contributed by atoms with van der Waals surface area (Å²) in [4.78, 5) is 15.9. The van der Waals surface area contributed by atoms with Crippen LogP contribution in [0.3, 0.4) is 0 Å². The van der Waals surface area contributed by atoms with Gasteiger partial charge in [0.05, 0.1) is 28.3 Å². The summed E-state index contributed by atoms with van der Waals surface area (Å²) in [7, 11) is 0.